The average molecular weight is 343 g/mol. The van der Waals surface area contributed by atoms with Crippen molar-refractivity contribution in [1.29, 1.82) is 0 Å². The van der Waals surface area contributed by atoms with E-state index in [9.17, 15) is 5.11 Å². The van der Waals surface area contributed by atoms with Crippen molar-refractivity contribution in [2.75, 3.05) is 6.54 Å². The largest absolute Gasteiger partial charge is 0.454 e. The van der Waals surface area contributed by atoms with Crippen molar-refractivity contribution in [1.82, 2.24) is 5.32 Å². The number of furan rings is 1. The van der Waals surface area contributed by atoms with Crippen LogP contribution in [0.2, 0.25) is 0 Å². The maximum absolute atomic E-state index is 9.91. The van der Waals surface area contributed by atoms with Crippen molar-refractivity contribution in [2.24, 2.45) is 0 Å². The maximum atomic E-state index is 9.91. The van der Waals surface area contributed by atoms with Gasteiger partial charge < -0.3 is 14.8 Å². The van der Waals surface area contributed by atoms with Gasteiger partial charge in [-0.05, 0) is 40.3 Å². The number of aliphatic hydroxyl groups is 1. The Labute approximate surface area is 114 Å². The molecule has 1 aromatic heterocycles. The van der Waals surface area contributed by atoms with Crippen molar-refractivity contribution < 1.29 is 9.52 Å². The lowest BCUT2D eigenvalue weighted by Gasteiger charge is -2.11. The Hall–Kier alpha value is -0.850. The third-order valence-corrected chi connectivity index (χ3v) is 3.03. The molecule has 17 heavy (non-hydrogen) atoms. The number of nitrogens with one attached hydrogen (secondary N) is 1. The molecule has 0 bridgehead atoms. The highest BCUT2D eigenvalue weighted by Crippen LogP contribution is 2.12. The molecule has 2 N–H and O–H groups in total. The Bertz CT molecular complexity index is 455. The van der Waals surface area contributed by atoms with Crippen LogP contribution in [0.4, 0.5) is 0 Å². The molecule has 1 unspecified atom stereocenters. The van der Waals surface area contributed by atoms with Gasteiger partial charge in [0.05, 0.1) is 12.6 Å². The second-order valence-electron chi connectivity index (χ2n) is 3.76. The van der Waals surface area contributed by atoms with E-state index in [0.717, 1.165) is 15.1 Å². The summed E-state index contributed by atoms with van der Waals surface area (Å²) in [5.74, 6) is 0.884. The summed E-state index contributed by atoms with van der Waals surface area (Å²) in [7, 11) is 0. The lowest BCUT2D eigenvalue weighted by Crippen LogP contribution is -2.20. The Balaban J connectivity index is 1.79. The summed E-state index contributed by atoms with van der Waals surface area (Å²) in [6, 6.07) is 13.5. The fourth-order valence-electron chi connectivity index (χ4n) is 1.57. The quantitative estimate of drug-likeness (QED) is 0.821. The van der Waals surface area contributed by atoms with Crippen molar-refractivity contribution in [3.8, 4) is 0 Å². The summed E-state index contributed by atoms with van der Waals surface area (Å²) < 4.78 is 6.29. The van der Waals surface area contributed by atoms with Gasteiger partial charge in [0.2, 0.25) is 0 Å². The summed E-state index contributed by atoms with van der Waals surface area (Å²) in [6.07, 6.45) is -0.481. The molecule has 1 atom stereocenters. The van der Waals surface area contributed by atoms with Crippen LogP contribution >= 0.6 is 22.6 Å². The van der Waals surface area contributed by atoms with Crippen molar-refractivity contribution in [3.63, 3.8) is 0 Å². The van der Waals surface area contributed by atoms with Crippen LogP contribution in [0.3, 0.4) is 0 Å². The summed E-state index contributed by atoms with van der Waals surface area (Å²) >= 11 is 2.13. The molecule has 3 nitrogen and oxygen atoms in total. The zero-order chi connectivity index (χ0) is 12.1. The Morgan fingerprint density at radius 2 is 1.94 bits per heavy atom. The molecule has 0 amide bonds. The fourth-order valence-corrected chi connectivity index (χ4v) is 2.03. The molecular formula is C13H14INO2. The summed E-state index contributed by atoms with van der Waals surface area (Å²) in [6.45, 7) is 1.15. The average Bonchev–Trinajstić information content (AvgIpc) is 2.76. The van der Waals surface area contributed by atoms with Crippen LogP contribution in [0.25, 0.3) is 0 Å². The monoisotopic (exact) mass is 343 g/mol. The predicted molar refractivity (Wildman–Crippen MR) is 74.5 cm³/mol. The van der Waals surface area contributed by atoms with Gasteiger partial charge in [-0.3, -0.25) is 0 Å². The first-order chi connectivity index (χ1) is 8.25. The fraction of sp³-hybridized carbons (Fsp3) is 0.231. The van der Waals surface area contributed by atoms with E-state index < -0.39 is 6.10 Å². The molecule has 0 aliphatic carbocycles. The van der Waals surface area contributed by atoms with Gasteiger partial charge in [0.25, 0.3) is 0 Å². The van der Waals surface area contributed by atoms with Gasteiger partial charge in [-0.1, -0.05) is 30.3 Å². The molecule has 1 heterocycles. The topological polar surface area (TPSA) is 45.4 Å². The molecule has 2 rings (SSSR count). The summed E-state index contributed by atoms with van der Waals surface area (Å²) in [5.41, 5.74) is 0.925. The first kappa shape index (κ1) is 12.6. The van der Waals surface area contributed by atoms with E-state index in [1.165, 1.54) is 0 Å². The van der Waals surface area contributed by atoms with Crippen molar-refractivity contribution >= 4 is 22.6 Å². The van der Waals surface area contributed by atoms with E-state index in [1.54, 1.807) is 0 Å². The van der Waals surface area contributed by atoms with Crippen molar-refractivity contribution in [3.05, 3.63) is 57.6 Å². The molecule has 0 saturated carbocycles. The van der Waals surface area contributed by atoms with E-state index in [0.29, 0.717) is 13.1 Å². The number of rotatable bonds is 5. The SMILES string of the molecule is OC(CNCc1ccc(I)o1)c1ccccc1. The lowest BCUT2D eigenvalue weighted by molar-refractivity contribution is 0.173. The number of hydrogen-bond donors (Lipinski definition) is 2. The molecule has 0 radical (unpaired) electrons. The highest BCUT2D eigenvalue weighted by atomic mass is 127. The molecule has 1 aromatic carbocycles. The van der Waals surface area contributed by atoms with Crippen LogP contribution in [0.1, 0.15) is 17.4 Å². The highest BCUT2D eigenvalue weighted by molar-refractivity contribution is 14.1. The zero-order valence-corrected chi connectivity index (χ0v) is 11.4. The van der Waals surface area contributed by atoms with Gasteiger partial charge in [0.15, 0.2) is 3.77 Å². The molecule has 0 saturated heterocycles. The second kappa shape index (κ2) is 6.18. The number of hydrogen-bond acceptors (Lipinski definition) is 3. The van der Waals surface area contributed by atoms with Crippen LogP contribution in [0, 0.1) is 3.77 Å². The molecule has 0 fully saturated rings. The van der Waals surface area contributed by atoms with E-state index >= 15 is 0 Å². The smallest absolute Gasteiger partial charge is 0.164 e. The second-order valence-corrected chi connectivity index (χ2v) is 4.83. The molecule has 0 aliphatic heterocycles. The number of aliphatic hydroxyl groups excluding tert-OH is 1. The first-order valence-corrected chi connectivity index (χ1v) is 6.51. The third kappa shape index (κ3) is 3.83. The molecule has 4 heteroatoms. The van der Waals surface area contributed by atoms with Gasteiger partial charge in [-0.25, -0.2) is 0 Å². The minimum atomic E-state index is -0.481. The lowest BCUT2D eigenvalue weighted by atomic mass is 10.1. The van der Waals surface area contributed by atoms with Gasteiger partial charge in [0, 0.05) is 6.54 Å². The van der Waals surface area contributed by atoms with Gasteiger partial charge >= 0.3 is 0 Å². The van der Waals surface area contributed by atoms with Crippen LogP contribution < -0.4 is 5.32 Å². The van der Waals surface area contributed by atoms with E-state index in [-0.39, 0.29) is 0 Å². The molecule has 2 aromatic rings. The van der Waals surface area contributed by atoms with Crippen LogP contribution in [-0.2, 0) is 6.54 Å². The minimum Gasteiger partial charge on any atom is -0.454 e. The highest BCUT2D eigenvalue weighted by Gasteiger charge is 2.06. The zero-order valence-electron chi connectivity index (χ0n) is 9.27. The van der Waals surface area contributed by atoms with Crippen LogP contribution in [0.5, 0.6) is 0 Å². The van der Waals surface area contributed by atoms with Gasteiger partial charge in [-0.15, -0.1) is 0 Å². The van der Waals surface area contributed by atoms with E-state index in [1.807, 2.05) is 42.5 Å². The Morgan fingerprint density at radius 3 is 2.59 bits per heavy atom. The molecular weight excluding hydrogens is 329 g/mol. The summed E-state index contributed by atoms with van der Waals surface area (Å²) in [5, 5.41) is 13.1. The van der Waals surface area contributed by atoms with Gasteiger partial charge in [0.1, 0.15) is 5.76 Å². The van der Waals surface area contributed by atoms with Crippen LogP contribution in [0.15, 0.2) is 46.9 Å². The molecule has 0 aliphatic rings. The van der Waals surface area contributed by atoms with Gasteiger partial charge in [-0.2, -0.15) is 0 Å². The predicted octanol–water partition coefficient (Wildman–Crippen LogP) is 2.71. The Morgan fingerprint density at radius 1 is 1.18 bits per heavy atom. The standard InChI is InChI=1S/C13H14INO2/c14-13-7-6-11(17-13)8-15-9-12(16)10-4-2-1-3-5-10/h1-7,12,15-16H,8-9H2. The van der Waals surface area contributed by atoms with Crippen LogP contribution in [-0.4, -0.2) is 11.7 Å². The first-order valence-electron chi connectivity index (χ1n) is 5.43. The molecule has 90 valence electrons. The van der Waals surface area contributed by atoms with Crippen molar-refractivity contribution in [2.45, 2.75) is 12.6 Å². The number of halogens is 1. The maximum Gasteiger partial charge on any atom is 0.164 e. The van der Waals surface area contributed by atoms with E-state index in [2.05, 4.69) is 27.9 Å². The normalized spacial score (nSPS) is 12.6. The molecule has 0 spiro atoms. The minimum absolute atomic E-state index is 0.481. The summed E-state index contributed by atoms with van der Waals surface area (Å²) in [4.78, 5) is 0. The Kier molecular flexibility index (Phi) is 4.58. The van der Waals surface area contributed by atoms with E-state index in [4.69, 9.17) is 4.42 Å². The number of benzene rings is 1. The third-order valence-electron chi connectivity index (χ3n) is 2.45.